The lowest BCUT2D eigenvalue weighted by Gasteiger charge is -2.28. The molecule has 0 unspecified atom stereocenters. The SMILES string of the molecule is COc1ccc(C(=O)NC2CCC(CO)CC2)c(Br)c1. The number of amides is 1. The Morgan fingerprint density at radius 2 is 2.10 bits per heavy atom. The summed E-state index contributed by atoms with van der Waals surface area (Å²) in [6.45, 7) is 0.255. The van der Waals surface area contributed by atoms with Crippen LogP contribution in [0.2, 0.25) is 0 Å². The maximum absolute atomic E-state index is 12.3. The number of aliphatic hydroxyl groups excluding tert-OH is 1. The maximum Gasteiger partial charge on any atom is 0.252 e. The number of carbonyl (C=O) groups excluding carboxylic acids is 1. The van der Waals surface area contributed by atoms with E-state index in [9.17, 15) is 4.79 Å². The summed E-state index contributed by atoms with van der Waals surface area (Å²) in [6, 6.07) is 5.54. The third-order valence-electron chi connectivity index (χ3n) is 3.86. The van der Waals surface area contributed by atoms with Crippen LogP contribution in [-0.4, -0.2) is 30.8 Å². The first kappa shape index (κ1) is 15.3. The summed E-state index contributed by atoms with van der Waals surface area (Å²) in [5.74, 6) is 1.06. The van der Waals surface area contributed by atoms with Crippen molar-refractivity contribution in [3.8, 4) is 5.75 Å². The molecule has 1 aromatic carbocycles. The number of rotatable bonds is 4. The van der Waals surface area contributed by atoms with E-state index in [0.717, 1.165) is 35.9 Å². The molecule has 4 nitrogen and oxygen atoms in total. The summed E-state index contributed by atoms with van der Waals surface area (Å²) < 4.78 is 5.85. The minimum Gasteiger partial charge on any atom is -0.497 e. The minimum atomic E-state index is -0.0630. The Labute approximate surface area is 127 Å². The predicted octanol–water partition coefficient (Wildman–Crippen LogP) is 2.74. The second kappa shape index (κ2) is 7.09. The van der Waals surface area contributed by atoms with E-state index in [1.165, 1.54) is 0 Å². The van der Waals surface area contributed by atoms with E-state index in [0.29, 0.717) is 11.5 Å². The summed E-state index contributed by atoms with van der Waals surface area (Å²) in [4.78, 5) is 12.3. The van der Waals surface area contributed by atoms with Gasteiger partial charge in [0.2, 0.25) is 0 Å². The Balaban J connectivity index is 1.95. The molecule has 0 heterocycles. The van der Waals surface area contributed by atoms with E-state index in [2.05, 4.69) is 21.2 Å². The van der Waals surface area contributed by atoms with Gasteiger partial charge in [0.25, 0.3) is 5.91 Å². The highest BCUT2D eigenvalue weighted by Crippen LogP contribution is 2.26. The van der Waals surface area contributed by atoms with Crippen LogP contribution < -0.4 is 10.1 Å². The van der Waals surface area contributed by atoms with Crippen molar-refractivity contribution >= 4 is 21.8 Å². The quantitative estimate of drug-likeness (QED) is 0.885. The number of benzene rings is 1. The number of ether oxygens (including phenoxy) is 1. The highest BCUT2D eigenvalue weighted by molar-refractivity contribution is 9.10. The second-order valence-corrected chi connectivity index (χ2v) is 6.07. The van der Waals surface area contributed by atoms with Gasteiger partial charge in [-0.2, -0.15) is 0 Å². The Morgan fingerprint density at radius 1 is 1.40 bits per heavy atom. The molecule has 0 radical (unpaired) electrons. The molecule has 5 heteroatoms. The zero-order valence-corrected chi connectivity index (χ0v) is 13.1. The van der Waals surface area contributed by atoms with Gasteiger partial charge in [-0.05, 0) is 65.7 Å². The normalized spacial score (nSPS) is 22.4. The van der Waals surface area contributed by atoms with Crippen LogP contribution in [0.25, 0.3) is 0 Å². The summed E-state index contributed by atoms with van der Waals surface area (Å²) in [7, 11) is 1.60. The van der Waals surface area contributed by atoms with Crippen molar-refractivity contribution in [2.45, 2.75) is 31.7 Å². The second-order valence-electron chi connectivity index (χ2n) is 5.22. The van der Waals surface area contributed by atoms with Gasteiger partial charge in [0.05, 0.1) is 12.7 Å². The molecule has 2 rings (SSSR count). The van der Waals surface area contributed by atoms with Gasteiger partial charge in [-0.3, -0.25) is 4.79 Å². The highest BCUT2D eigenvalue weighted by Gasteiger charge is 2.22. The first-order valence-corrected chi connectivity index (χ1v) is 7.68. The van der Waals surface area contributed by atoms with Crippen molar-refractivity contribution in [2.75, 3.05) is 13.7 Å². The van der Waals surface area contributed by atoms with E-state index in [4.69, 9.17) is 9.84 Å². The molecule has 0 saturated heterocycles. The van der Waals surface area contributed by atoms with Crippen molar-refractivity contribution in [3.05, 3.63) is 28.2 Å². The molecule has 110 valence electrons. The van der Waals surface area contributed by atoms with Gasteiger partial charge < -0.3 is 15.2 Å². The molecule has 0 aliphatic heterocycles. The summed E-state index contributed by atoms with van der Waals surface area (Å²) in [5, 5.41) is 12.2. The molecular formula is C15H20BrNO3. The van der Waals surface area contributed by atoms with Crippen LogP contribution in [0, 0.1) is 5.92 Å². The van der Waals surface area contributed by atoms with Gasteiger partial charge in [0, 0.05) is 17.1 Å². The number of hydrogen-bond acceptors (Lipinski definition) is 3. The molecule has 0 bridgehead atoms. The van der Waals surface area contributed by atoms with E-state index in [1.807, 2.05) is 0 Å². The fourth-order valence-corrected chi connectivity index (χ4v) is 3.10. The number of aliphatic hydroxyl groups is 1. The fraction of sp³-hybridized carbons (Fsp3) is 0.533. The van der Waals surface area contributed by atoms with Crippen molar-refractivity contribution in [3.63, 3.8) is 0 Å². The third-order valence-corrected chi connectivity index (χ3v) is 4.52. The van der Waals surface area contributed by atoms with Crippen molar-refractivity contribution in [2.24, 2.45) is 5.92 Å². The van der Waals surface area contributed by atoms with E-state index in [-0.39, 0.29) is 18.6 Å². The molecule has 1 fully saturated rings. The first-order valence-electron chi connectivity index (χ1n) is 6.89. The van der Waals surface area contributed by atoms with Crippen LogP contribution >= 0.6 is 15.9 Å². The molecule has 0 spiro atoms. The Hall–Kier alpha value is -1.07. The van der Waals surface area contributed by atoms with Crippen LogP contribution in [0.1, 0.15) is 36.0 Å². The lowest BCUT2D eigenvalue weighted by molar-refractivity contribution is 0.0913. The van der Waals surface area contributed by atoms with Crippen molar-refractivity contribution in [1.29, 1.82) is 0 Å². The van der Waals surface area contributed by atoms with E-state index < -0.39 is 0 Å². The van der Waals surface area contributed by atoms with Crippen LogP contribution in [0.4, 0.5) is 0 Å². The number of nitrogens with one attached hydrogen (secondary N) is 1. The summed E-state index contributed by atoms with van der Waals surface area (Å²) >= 11 is 3.40. The number of methoxy groups -OCH3 is 1. The standard InChI is InChI=1S/C15H20BrNO3/c1-20-12-6-7-13(14(16)8-12)15(19)17-11-4-2-10(9-18)3-5-11/h6-8,10-11,18H,2-5,9H2,1H3,(H,17,19). The molecule has 1 aromatic rings. The Kier molecular flexibility index (Phi) is 5.43. The topological polar surface area (TPSA) is 58.6 Å². The van der Waals surface area contributed by atoms with E-state index in [1.54, 1.807) is 25.3 Å². The van der Waals surface area contributed by atoms with Gasteiger partial charge in [0.1, 0.15) is 5.75 Å². The zero-order valence-electron chi connectivity index (χ0n) is 11.6. The monoisotopic (exact) mass is 341 g/mol. The summed E-state index contributed by atoms with van der Waals surface area (Å²) in [6.07, 6.45) is 3.83. The van der Waals surface area contributed by atoms with Gasteiger partial charge in [-0.1, -0.05) is 0 Å². The lowest BCUT2D eigenvalue weighted by Crippen LogP contribution is -2.38. The predicted molar refractivity (Wildman–Crippen MR) is 81.0 cm³/mol. The largest absolute Gasteiger partial charge is 0.497 e. The molecular weight excluding hydrogens is 322 g/mol. The first-order chi connectivity index (χ1) is 9.63. The Bertz CT molecular complexity index is 470. The third kappa shape index (κ3) is 3.73. The smallest absolute Gasteiger partial charge is 0.252 e. The molecule has 0 atom stereocenters. The number of carbonyl (C=O) groups is 1. The van der Waals surface area contributed by atoms with Crippen LogP contribution in [0.5, 0.6) is 5.75 Å². The number of halogens is 1. The highest BCUT2D eigenvalue weighted by atomic mass is 79.9. The van der Waals surface area contributed by atoms with Crippen molar-refractivity contribution < 1.29 is 14.6 Å². The van der Waals surface area contributed by atoms with Crippen LogP contribution in [-0.2, 0) is 0 Å². The molecule has 1 saturated carbocycles. The minimum absolute atomic E-state index is 0.0630. The van der Waals surface area contributed by atoms with Crippen molar-refractivity contribution in [1.82, 2.24) is 5.32 Å². The molecule has 1 amide bonds. The summed E-state index contributed by atoms with van der Waals surface area (Å²) in [5.41, 5.74) is 0.620. The maximum atomic E-state index is 12.3. The van der Waals surface area contributed by atoms with Crippen LogP contribution in [0.3, 0.4) is 0 Å². The molecule has 0 aromatic heterocycles. The van der Waals surface area contributed by atoms with Gasteiger partial charge in [0.15, 0.2) is 0 Å². The number of hydrogen-bond donors (Lipinski definition) is 2. The lowest BCUT2D eigenvalue weighted by atomic mass is 9.86. The molecule has 1 aliphatic rings. The molecule has 20 heavy (non-hydrogen) atoms. The average Bonchev–Trinajstić information content (AvgIpc) is 2.47. The van der Waals surface area contributed by atoms with Gasteiger partial charge >= 0.3 is 0 Å². The molecule has 1 aliphatic carbocycles. The fourth-order valence-electron chi connectivity index (χ4n) is 2.56. The van der Waals surface area contributed by atoms with E-state index >= 15 is 0 Å². The van der Waals surface area contributed by atoms with Gasteiger partial charge in [-0.15, -0.1) is 0 Å². The Morgan fingerprint density at radius 3 is 2.65 bits per heavy atom. The van der Waals surface area contributed by atoms with Crippen LogP contribution in [0.15, 0.2) is 22.7 Å². The average molecular weight is 342 g/mol. The molecule has 2 N–H and O–H groups in total. The zero-order chi connectivity index (χ0) is 14.5. The van der Waals surface area contributed by atoms with Gasteiger partial charge in [-0.25, -0.2) is 0 Å².